The topological polar surface area (TPSA) is 154 Å². The first-order chi connectivity index (χ1) is 23.2. The van der Waals surface area contributed by atoms with Crippen LogP contribution in [0.15, 0.2) is 58.4 Å². The van der Waals surface area contributed by atoms with Crippen molar-refractivity contribution in [1.82, 2.24) is 19.1 Å². The van der Waals surface area contributed by atoms with Crippen LogP contribution in [0.5, 0.6) is 11.8 Å². The van der Waals surface area contributed by atoms with Crippen molar-refractivity contribution in [3.63, 3.8) is 0 Å². The number of alkyl halides is 1. The zero-order chi connectivity index (χ0) is 34.6. The second-order valence-corrected chi connectivity index (χ2v) is 11.4. The molecule has 12 nitrogen and oxygen atoms in total. The van der Waals surface area contributed by atoms with Crippen LogP contribution in [0.3, 0.4) is 0 Å². The molecule has 0 spiro atoms. The van der Waals surface area contributed by atoms with Crippen molar-refractivity contribution in [1.29, 1.82) is 10.5 Å². The Kier molecular flexibility index (Phi) is 13.4. The maximum atomic E-state index is 12.4. The van der Waals surface area contributed by atoms with Gasteiger partial charge in [0, 0.05) is 42.3 Å². The number of hydrogen-bond acceptors (Lipinski definition) is 10. The highest BCUT2D eigenvalue weighted by molar-refractivity contribution is 6.32. The highest BCUT2D eigenvalue weighted by Crippen LogP contribution is 2.27. The highest BCUT2D eigenvalue weighted by atomic mass is 35.5. The number of aromatic nitrogens is 4. The van der Waals surface area contributed by atoms with Crippen LogP contribution >= 0.6 is 34.8 Å². The fourth-order valence-corrected chi connectivity index (χ4v) is 5.62. The van der Waals surface area contributed by atoms with Gasteiger partial charge in [0.05, 0.1) is 61.2 Å². The average molecular weight is 714 g/mol. The van der Waals surface area contributed by atoms with Crippen LogP contribution < -0.4 is 20.6 Å². The molecular formula is C33H31Cl3N6O6. The Morgan fingerprint density at radius 2 is 1.40 bits per heavy atom. The first kappa shape index (κ1) is 36.4. The molecule has 4 aromatic rings. The summed E-state index contributed by atoms with van der Waals surface area (Å²) in [5, 5.41) is 18.8. The summed E-state index contributed by atoms with van der Waals surface area (Å²) in [5.74, 6) is 0.850. The van der Waals surface area contributed by atoms with Gasteiger partial charge < -0.3 is 28.1 Å². The van der Waals surface area contributed by atoms with E-state index >= 15 is 0 Å². The molecule has 0 saturated carbocycles. The van der Waals surface area contributed by atoms with Gasteiger partial charge in [-0.15, -0.1) is 11.6 Å². The second-order valence-electron chi connectivity index (χ2n) is 10.3. The van der Waals surface area contributed by atoms with Gasteiger partial charge in [0.2, 0.25) is 11.8 Å². The Morgan fingerprint density at radius 1 is 0.875 bits per heavy atom. The van der Waals surface area contributed by atoms with E-state index in [0.29, 0.717) is 50.9 Å². The van der Waals surface area contributed by atoms with Crippen LogP contribution in [0.1, 0.15) is 52.9 Å². The van der Waals surface area contributed by atoms with Crippen LogP contribution in [0.25, 0.3) is 0 Å². The number of rotatable bonds is 10. The molecule has 1 atom stereocenters. The van der Waals surface area contributed by atoms with Crippen LogP contribution in [-0.2, 0) is 35.1 Å². The molecule has 5 heterocycles. The molecule has 0 aromatic carbocycles. The van der Waals surface area contributed by atoms with Gasteiger partial charge in [-0.25, -0.2) is 9.97 Å². The lowest BCUT2D eigenvalue weighted by molar-refractivity contribution is -0.169. The lowest BCUT2D eigenvalue weighted by Crippen LogP contribution is -2.24. The van der Waals surface area contributed by atoms with E-state index in [0.717, 1.165) is 19.3 Å². The molecule has 0 N–H and O–H groups in total. The molecule has 1 saturated heterocycles. The maximum Gasteiger partial charge on any atom is 0.268 e. The summed E-state index contributed by atoms with van der Waals surface area (Å²) in [6.07, 6.45) is 5.84. The SMILES string of the molecule is COc1cc(Cl)c(CCl)c(Cn2cccc(C#N)c2=O)n1.COc1cc(Cl)c(COC2CCCCO2)c(Cn2cccc(C#N)c2=O)n1. The molecule has 5 rings (SSSR count). The molecule has 48 heavy (non-hydrogen) atoms. The smallest absolute Gasteiger partial charge is 0.268 e. The van der Waals surface area contributed by atoms with Gasteiger partial charge in [0.1, 0.15) is 23.3 Å². The summed E-state index contributed by atoms with van der Waals surface area (Å²) >= 11 is 18.4. The van der Waals surface area contributed by atoms with Crippen LogP contribution in [0.4, 0.5) is 0 Å². The number of hydrogen-bond donors (Lipinski definition) is 0. The normalized spacial score (nSPS) is 13.9. The standard InChI is InChI=1S/C19H20ClN3O4.C14H11Cl2N3O2/c1-25-17-9-15(20)14(12-27-18-6-2-3-8-26-18)16(22-17)11-23-7-4-5-13(10-21)19(23)24;1-21-13-5-11(16)10(6-15)12(18-13)8-19-4-2-3-9(7-17)14(19)20/h4-5,7,9,18H,2-3,6,8,11-12H2,1H3;2-5H,6,8H2,1H3. The van der Waals surface area contributed by atoms with Gasteiger partial charge >= 0.3 is 0 Å². The average Bonchev–Trinajstić information content (AvgIpc) is 3.10. The van der Waals surface area contributed by atoms with Gasteiger partial charge in [-0.05, 0) is 43.5 Å². The summed E-state index contributed by atoms with van der Waals surface area (Å²) in [7, 11) is 2.97. The van der Waals surface area contributed by atoms with E-state index in [2.05, 4.69) is 9.97 Å². The Balaban J connectivity index is 0.000000224. The summed E-state index contributed by atoms with van der Waals surface area (Å²) in [6.45, 7) is 1.20. The van der Waals surface area contributed by atoms with Gasteiger partial charge in [0.15, 0.2) is 6.29 Å². The van der Waals surface area contributed by atoms with E-state index in [4.69, 9.17) is 64.3 Å². The molecule has 0 aliphatic carbocycles. The summed E-state index contributed by atoms with van der Waals surface area (Å²) in [4.78, 5) is 33.1. The first-order valence-corrected chi connectivity index (χ1v) is 15.9. The highest BCUT2D eigenvalue weighted by Gasteiger charge is 2.19. The number of halogens is 3. The number of pyridine rings is 4. The van der Waals surface area contributed by atoms with Crippen LogP contribution in [0.2, 0.25) is 10.0 Å². The minimum absolute atomic E-state index is 0.0684. The zero-order valence-corrected chi connectivity index (χ0v) is 28.4. The monoisotopic (exact) mass is 712 g/mol. The lowest BCUT2D eigenvalue weighted by atomic mass is 10.1. The van der Waals surface area contributed by atoms with Crippen molar-refractivity contribution in [3.05, 3.63) is 113 Å². The molecular weight excluding hydrogens is 683 g/mol. The van der Waals surface area contributed by atoms with Crippen molar-refractivity contribution < 1.29 is 18.9 Å². The molecule has 0 amide bonds. The molecule has 4 aromatic heterocycles. The molecule has 15 heteroatoms. The van der Waals surface area contributed by atoms with Crippen LogP contribution in [-0.4, -0.2) is 46.2 Å². The Bertz CT molecular complexity index is 1950. The predicted octanol–water partition coefficient (Wildman–Crippen LogP) is 5.43. The van der Waals surface area contributed by atoms with Gasteiger partial charge in [0.25, 0.3) is 11.1 Å². The Labute approximate surface area is 291 Å². The van der Waals surface area contributed by atoms with Crippen molar-refractivity contribution in [3.8, 4) is 23.9 Å². The lowest BCUT2D eigenvalue weighted by Gasteiger charge is -2.23. The van der Waals surface area contributed by atoms with E-state index in [9.17, 15) is 9.59 Å². The molecule has 1 fully saturated rings. The Morgan fingerprint density at radius 3 is 1.85 bits per heavy atom. The quantitative estimate of drug-likeness (QED) is 0.194. The summed E-state index contributed by atoms with van der Waals surface area (Å²) in [6, 6.07) is 13.1. The van der Waals surface area contributed by atoms with Crippen molar-refractivity contribution in [2.24, 2.45) is 0 Å². The van der Waals surface area contributed by atoms with Gasteiger partial charge in [-0.1, -0.05) is 23.2 Å². The fraction of sp³-hybridized carbons (Fsp3) is 0.333. The minimum Gasteiger partial charge on any atom is -0.481 e. The van der Waals surface area contributed by atoms with E-state index < -0.39 is 0 Å². The third-order valence-corrected chi connectivity index (χ3v) is 8.23. The predicted molar refractivity (Wildman–Crippen MR) is 179 cm³/mol. The molecule has 0 bridgehead atoms. The third-order valence-electron chi connectivity index (χ3n) is 7.29. The summed E-state index contributed by atoms with van der Waals surface area (Å²) < 4.78 is 24.5. The minimum atomic E-state index is -0.388. The van der Waals surface area contributed by atoms with Gasteiger partial charge in [-0.2, -0.15) is 10.5 Å². The maximum absolute atomic E-state index is 12.4. The number of nitrogens with zero attached hydrogens (tertiary/aromatic N) is 6. The van der Waals surface area contributed by atoms with Crippen molar-refractivity contribution in [2.75, 3.05) is 20.8 Å². The summed E-state index contributed by atoms with van der Waals surface area (Å²) in [5.41, 5.74) is 1.75. The molecule has 1 aliphatic rings. The fourth-order valence-electron chi connectivity index (χ4n) is 4.73. The first-order valence-electron chi connectivity index (χ1n) is 14.7. The second kappa shape index (κ2) is 17.6. The van der Waals surface area contributed by atoms with E-state index in [1.165, 1.54) is 35.5 Å². The van der Waals surface area contributed by atoms with Crippen molar-refractivity contribution in [2.45, 2.75) is 51.1 Å². The Hall–Kier alpha value is -4.43. The van der Waals surface area contributed by atoms with E-state index in [1.54, 1.807) is 36.7 Å². The van der Waals surface area contributed by atoms with Crippen molar-refractivity contribution >= 4 is 34.8 Å². The third kappa shape index (κ3) is 9.13. The molecule has 0 radical (unpaired) electrons. The largest absolute Gasteiger partial charge is 0.481 e. The van der Waals surface area contributed by atoms with Gasteiger partial charge in [-0.3, -0.25) is 9.59 Å². The van der Waals surface area contributed by atoms with E-state index in [-0.39, 0.29) is 54.1 Å². The molecule has 250 valence electrons. The molecule has 1 aliphatic heterocycles. The number of nitriles is 2. The number of methoxy groups -OCH3 is 2. The van der Waals surface area contributed by atoms with Crippen LogP contribution in [0, 0.1) is 22.7 Å². The van der Waals surface area contributed by atoms with E-state index in [1.807, 2.05) is 12.1 Å². The number of ether oxygens (including phenoxy) is 4. The zero-order valence-electron chi connectivity index (χ0n) is 26.1. The molecule has 1 unspecified atom stereocenters.